The minimum atomic E-state index is -0.152. The molecule has 1 aromatic carbocycles. The number of anilines is 1. The van der Waals surface area contributed by atoms with Crippen LogP contribution in [-0.2, 0) is 11.2 Å². The second kappa shape index (κ2) is 8.14. The summed E-state index contributed by atoms with van der Waals surface area (Å²) in [5.41, 5.74) is 3.46. The van der Waals surface area contributed by atoms with Gasteiger partial charge in [-0.1, -0.05) is 41.9 Å². The second-order valence-corrected chi connectivity index (χ2v) is 7.86. The fourth-order valence-electron chi connectivity index (χ4n) is 4.06. The van der Waals surface area contributed by atoms with Crippen molar-refractivity contribution in [2.75, 3.05) is 25.5 Å². The maximum Gasteiger partial charge on any atom is 0.229 e. The first kappa shape index (κ1) is 19.3. The third kappa shape index (κ3) is 4.20. The fraction of sp³-hybridized carbons (Fsp3) is 0.318. The number of rotatable bonds is 5. The number of methoxy groups -OCH3 is 1. The summed E-state index contributed by atoms with van der Waals surface area (Å²) in [6.07, 6.45) is 7.27. The van der Waals surface area contributed by atoms with E-state index in [-0.39, 0.29) is 12.3 Å². The van der Waals surface area contributed by atoms with Gasteiger partial charge in [0.05, 0.1) is 19.7 Å². The Hall–Kier alpha value is -3.04. The van der Waals surface area contributed by atoms with Crippen molar-refractivity contribution in [2.24, 2.45) is 11.8 Å². The third-order valence-electron chi connectivity index (χ3n) is 5.53. The first-order valence-electron chi connectivity index (χ1n) is 9.50. The minimum absolute atomic E-state index is 0.152. The summed E-state index contributed by atoms with van der Waals surface area (Å²) in [7, 11) is 1.51. The van der Waals surface area contributed by atoms with E-state index < -0.39 is 0 Å². The van der Waals surface area contributed by atoms with Gasteiger partial charge in [0.1, 0.15) is 16.6 Å². The molecule has 7 heteroatoms. The van der Waals surface area contributed by atoms with Gasteiger partial charge in [0.2, 0.25) is 5.91 Å². The second-order valence-electron chi connectivity index (χ2n) is 7.45. The largest absolute Gasteiger partial charge is 0.495 e. The summed E-state index contributed by atoms with van der Waals surface area (Å²) in [6.45, 7) is 1.68. The van der Waals surface area contributed by atoms with E-state index in [9.17, 15) is 4.79 Å². The summed E-state index contributed by atoms with van der Waals surface area (Å²) in [6, 6.07) is 9.71. The number of pyridine rings is 1. The molecule has 1 amide bonds. The fourth-order valence-corrected chi connectivity index (χ4v) is 4.24. The number of aromatic nitrogens is 1. The number of carbonyl (C=O) groups excluding carboxylic acids is 1. The lowest BCUT2D eigenvalue weighted by Gasteiger charge is -2.10. The quantitative estimate of drug-likeness (QED) is 0.762. The lowest BCUT2D eigenvalue weighted by molar-refractivity contribution is -0.115. The molecule has 2 aromatic rings. The van der Waals surface area contributed by atoms with Crippen molar-refractivity contribution in [3.05, 3.63) is 58.8 Å². The zero-order valence-corrected chi connectivity index (χ0v) is 16.8. The molecule has 0 saturated carbocycles. The van der Waals surface area contributed by atoms with Crippen LogP contribution in [0.15, 0.2) is 42.6 Å². The zero-order valence-electron chi connectivity index (χ0n) is 16.1. The van der Waals surface area contributed by atoms with Gasteiger partial charge in [0, 0.05) is 25.1 Å². The van der Waals surface area contributed by atoms with Crippen LogP contribution in [0.2, 0.25) is 5.02 Å². The van der Waals surface area contributed by atoms with E-state index in [0.717, 1.165) is 25.1 Å². The lowest BCUT2D eigenvalue weighted by atomic mass is 9.98. The summed E-state index contributed by atoms with van der Waals surface area (Å²) in [5, 5.41) is 12.2. The van der Waals surface area contributed by atoms with Crippen LogP contribution in [0.5, 0.6) is 5.75 Å². The molecule has 29 heavy (non-hydrogen) atoms. The molecule has 1 aliphatic heterocycles. The number of nitrogens with zero attached hydrogens (tertiary/aromatic N) is 3. The standard InChI is InChI=1S/C22H21ClN4O2/c1-29-20-9-21(25-10-19(20)23)26-22(28)6-14-2-4-15(5-3-14)16-7-17-11-27(13-24)12-18(17)8-16/h2-5,7,9-10,17-18H,6,8,11-12H2,1H3,(H,25,26,28). The molecule has 1 saturated heterocycles. The van der Waals surface area contributed by atoms with Crippen molar-refractivity contribution in [3.63, 3.8) is 0 Å². The topological polar surface area (TPSA) is 78.2 Å². The number of carbonyl (C=O) groups is 1. The molecule has 1 aliphatic carbocycles. The number of allylic oxidation sites excluding steroid dienone is 1. The van der Waals surface area contributed by atoms with Gasteiger partial charge < -0.3 is 15.0 Å². The number of fused-ring (bicyclic) bond motifs is 1. The van der Waals surface area contributed by atoms with E-state index >= 15 is 0 Å². The molecular formula is C22H21ClN4O2. The molecule has 1 fully saturated rings. The molecule has 1 N–H and O–H groups in total. The molecular weight excluding hydrogens is 388 g/mol. The van der Waals surface area contributed by atoms with Crippen molar-refractivity contribution in [2.45, 2.75) is 12.8 Å². The molecule has 2 heterocycles. The van der Waals surface area contributed by atoms with Crippen LogP contribution in [0.25, 0.3) is 5.57 Å². The highest BCUT2D eigenvalue weighted by molar-refractivity contribution is 6.32. The van der Waals surface area contributed by atoms with Crippen molar-refractivity contribution in [3.8, 4) is 11.9 Å². The zero-order chi connectivity index (χ0) is 20.4. The van der Waals surface area contributed by atoms with Crippen LogP contribution < -0.4 is 10.1 Å². The van der Waals surface area contributed by atoms with Crippen LogP contribution in [-0.4, -0.2) is 36.0 Å². The summed E-state index contributed by atoms with van der Waals surface area (Å²) >= 11 is 5.96. The van der Waals surface area contributed by atoms with E-state index in [2.05, 4.69) is 34.7 Å². The van der Waals surface area contributed by atoms with Crippen molar-refractivity contribution < 1.29 is 9.53 Å². The number of benzene rings is 1. The van der Waals surface area contributed by atoms with Crippen LogP contribution in [0.3, 0.4) is 0 Å². The van der Waals surface area contributed by atoms with Gasteiger partial charge in [-0.2, -0.15) is 5.26 Å². The smallest absolute Gasteiger partial charge is 0.229 e. The maximum atomic E-state index is 12.3. The molecule has 2 atom stereocenters. The number of nitrogens with one attached hydrogen (secondary N) is 1. The Morgan fingerprint density at radius 1 is 1.38 bits per heavy atom. The molecule has 148 valence electrons. The number of halogens is 1. The molecule has 6 nitrogen and oxygen atoms in total. The Labute approximate surface area is 174 Å². The molecule has 0 radical (unpaired) electrons. The van der Waals surface area contributed by atoms with Gasteiger partial charge in [-0.15, -0.1) is 0 Å². The minimum Gasteiger partial charge on any atom is -0.495 e. The Morgan fingerprint density at radius 3 is 2.86 bits per heavy atom. The monoisotopic (exact) mass is 408 g/mol. The first-order chi connectivity index (χ1) is 14.1. The van der Waals surface area contributed by atoms with Crippen molar-refractivity contribution >= 4 is 28.9 Å². The Bertz CT molecular complexity index is 997. The SMILES string of the molecule is COc1cc(NC(=O)Cc2ccc(C3=CC4CN(C#N)CC4C3)cc2)ncc1Cl. The Kier molecular flexibility index (Phi) is 5.41. The van der Waals surface area contributed by atoms with E-state index in [4.69, 9.17) is 21.6 Å². The number of likely N-dealkylation sites (tertiary alicyclic amines) is 1. The van der Waals surface area contributed by atoms with Gasteiger partial charge in [-0.25, -0.2) is 4.98 Å². The number of hydrogen-bond donors (Lipinski definition) is 1. The van der Waals surface area contributed by atoms with Crippen LogP contribution in [0, 0.1) is 23.3 Å². The average Bonchev–Trinajstić information content (AvgIpc) is 3.29. The lowest BCUT2D eigenvalue weighted by Crippen LogP contribution is -2.15. The van der Waals surface area contributed by atoms with Gasteiger partial charge in [-0.3, -0.25) is 4.79 Å². The van der Waals surface area contributed by atoms with Crippen LogP contribution in [0.4, 0.5) is 5.82 Å². The van der Waals surface area contributed by atoms with E-state index in [0.29, 0.717) is 28.4 Å². The van der Waals surface area contributed by atoms with Crippen molar-refractivity contribution in [1.82, 2.24) is 9.88 Å². The summed E-state index contributed by atoms with van der Waals surface area (Å²) in [5.74, 6) is 1.73. The highest BCUT2D eigenvalue weighted by Gasteiger charge is 2.36. The number of ether oxygens (including phenoxy) is 1. The maximum absolute atomic E-state index is 12.3. The predicted molar refractivity (Wildman–Crippen MR) is 111 cm³/mol. The van der Waals surface area contributed by atoms with Crippen LogP contribution >= 0.6 is 11.6 Å². The van der Waals surface area contributed by atoms with Gasteiger partial charge >= 0.3 is 0 Å². The molecule has 0 bridgehead atoms. The molecule has 0 spiro atoms. The van der Waals surface area contributed by atoms with E-state index in [1.807, 2.05) is 17.0 Å². The van der Waals surface area contributed by atoms with Gasteiger partial charge in [-0.05, 0) is 29.0 Å². The molecule has 4 rings (SSSR count). The average molecular weight is 409 g/mol. The van der Waals surface area contributed by atoms with E-state index in [1.54, 1.807) is 6.07 Å². The summed E-state index contributed by atoms with van der Waals surface area (Å²) < 4.78 is 5.14. The van der Waals surface area contributed by atoms with Gasteiger partial charge in [0.15, 0.2) is 6.19 Å². The molecule has 1 aromatic heterocycles. The number of nitriles is 1. The first-order valence-corrected chi connectivity index (χ1v) is 9.87. The normalized spacial score (nSPS) is 20.0. The Balaban J connectivity index is 1.36. The third-order valence-corrected chi connectivity index (χ3v) is 5.81. The highest BCUT2D eigenvalue weighted by atomic mass is 35.5. The van der Waals surface area contributed by atoms with Gasteiger partial charge in [0.25, 0.3) is 0 Å². The number of amides is 1. The number of hydrogen-bond acceptors (Lipinski definition) is 5. The highest BCUT2D eigenvalue weighted by Crippen LogP contribution is 2.40. The van der Waals surface area contributed by atoms with Crippen molar-refractivity contribution in [1.29, 1.82) is 5.26 Å². The summed E-state index contributed by atoms with van der Waals surface area (Å²) in [4.78, 5) is 18.3. The predicted octanol–water partition coefficient (Wildman–Crippen LogP) is 3.74. The molecule has 2 unspecified atom stereocenters. The Morgan fingerprint density at radius 2 is 2.17 bits per heavy atom. The van der Waals surface area contributed by atoms with Crippen LogP contribution in [0.1, 0.15) is 17.5 Å². The van der Waals surface area contributed by atoms with E-state index in [1.165, 1.54) is 24.4 Å². The molecule has 2 aliphatic rings.